The standard InChI is InChI=1S/C9H11NO2/c1-2-8-5-7(6-10-12)3-4-9(8)11/h3-5,11H,2,6H2,1H3. The maximum atomic E-state index is 9.95. The first kappa shape index (κ1) is 8.71. The third-order valence-electron chi connectivity index (χ3n) is 1.77. The van der Waals surface area contributed by atoms with Gasteiger partial charge in [-0.25, -0.2) is 0 Å². The number of aryl methyl sites for hydroxylation is 1. The van der Waals surface area contributed by atoms with Crippen molar-refractivity contribution in [2.24, 2.45) is 5.18 Å². The van der Waals surface area contributed by atoms with E-state index in [-0.39, 0.29) is 12.3 Å². The molecule has 1 aromatic carbocycles. The van der Waals surface area contributed by atoms with E-state index in [2.05, 4.69) is 5.18 Å². The monoisotopic (exact) mass is 165 g/mol. The van der Waals surface area contributed by atoms with Crippen LogP contribution in [0.1, 0.15) is 18.1 Å². The van der Waals surface area contributed by atoms with E-state index in [1.165, 1.54) is 0 Å². The lowest BCUT2D eigenvalue weighted by atomic mass is 10.1. The molecule has 0 saturated carbocycles. The number of hydrogen-bond donors (Lipinski definition) is 1. The van der Waals surface area contributed by atoms with Crippen LogP contribution in [-0.4, -0.2) is 5.11 Å². The van der Waals surface area contributed by atoms with Crippen LogP contribution in [0.25, 0.3) is 0 Å². The summed E-state index contributed by atoms with van der Waals surface area (Å²) in [4.78, 5) is 9.95. The molecule has 3 nitrogen and oxygen atoms in total. The molecule has 0 amide bonds. The molecule has 1 N–H and O–H groups in total. The molecule has 0 unspecified atom stereocenters. The fourth-order valence-electron chi connectivity index (χ4n) is 1.09. The van der Waals surface area contributed by atoms with Gasteiger partial charge in [-0.1, -0.05) is 24.2 Å². The number of hydrogen-bond acceptors (Lipinski definition) is 3. The van der Waals surface area contributed by atoms with Crippen LogP contribution in [0.15, 0.2) is 23.4 Å². The van der Waals surface area contributed by atoms with Crippen LogP contribution in [0.4, 0.5) is 0 Å². The smallest absolute Gasteiger partial charge is 0.118 e. The Labute approximate surface area is 71.0 Å². The zero-order valence-corrected chi connectivity index (χ0v) is 6.95. The van der Waals surface area contributed by atoms with E-state index in [1.54, 1.807) is 18.2 Å². The van der Waals surface area contributed by atoms with Crippen LogP contribution in [0, 0.1) is 4.91 Å². The Morgan fingerprint density at radius 1 is 1.50 bits per heavy atom. The maximum absolute atomic E-state index is 9.95. The molecule has 0 fully saturated rings. The Morgan fingerprint density at radius 2 is 2.25 bits per heavy atom. The number of phenolic OH excluding ortho intramolecular Hbond substituents is 1. The van der Waals surface area contributed by atoms with Crippen molar-refractivity contribution in [2.45, 2.75) is 19.9 Å². The van der Waals surface area contributed by atoms with E-state index >= 15 is 0 Å². The van der Waals surface area contributed by atoms with Gasteiger partial charge in [-0.05, 0) is 23.6 Å². The van der Waals surface area contributed by atoms with Gasteiger partial charge in [-0.2, -0.15) is 4.91 Å². The minimum Gasteiger partial charge on any atom is -0.508 e. The predicted octanol–water partition coefficient (Wildman–Crippen LogP) is 2.22. The van der Waals surface area contributed by atoms with Crippen molar-refractivity contribution in [1.29, 1.82) is 0 Å². The third kappa shape index (κ3) is 1.81. The Morgan fingerprint density at radius 3 is 2.83 bits per heavy atom. The Balaban J connectivity index is 2.96. The van der Waals surface area contributed by atoms with Gasteiger partial charge in [0, 0.05) is 0 Å². The van der Waals surface area contributed by atoms with Gasteiger partial charge in [0.25, 0.3) is 0 Å². The van der Waals surface area contributed by atoms with Gasteiger partial charge in [-0.15, -0.1) is 0 Å². The third-order valence-corrected chi connectivity index (χ3v) is 1.77. The minimum atomic E-state index is 0.174. The lowest BCUT2D eigenvalue weighted by Gasteiger charge is -2.02. The Hall–Kier alpha value is -1.38. The van der Waals surface area contributed by atoms with E-state index in [0.29, 0.717) is 0 Å². The van der Waals surface area contributed by atoms with Gasteiger partial charge in [0.15, 0.2) is 0 Å². The molecule has 0 aliphatic carbocycles. The molecule has 0 heterocycles. The van der Waals surface area contributed by atoms with E-state index in [1.807, 2.05) is 6.92 Å². The van der Waals surface area contributed by atoms with Crippen LogP contribution in [0.5, 0.6) is 5.75 Å². The van der Waals surface area contributed by atoms with Crippen molar-refractivity contribution >= 4 is 0 Å². The van der Waals surface area contributed by atoms with Crippen LogP contribution >= 0.6 is 0 Å². The highest BCUT2D eigenvalue weighted by Crippen LogP contribution is 2.19. The quantitative estimate of drug-likeness (QED) is 0.698. The first-order valence-corrected chi connectivity index (χ1v) is 3.87. The van der Waals surface area contributed by atoms with Gasteiger partial charge >= 0.3 is 0 Å². The molecule has 0 atom stereocenters. The van der Waals surface area contributed by atoms with Gasteiger partial charge < -0.3 is 5.11 Å². The molecule has 0 aromatic heterocycles. The second-order valence-corrected chi connectivity index (χ2v) is 2.60. The van der Waals surface area contributed by atoms with Crippen LogP contribution in [-0.2, 0) is 13.0 Å². The van der Waals surface area contributed by atoms with Crippen LogP contribution in [0.3, 0.4) is 0 Å². The molecule has 0 bridgehead atoms. The maximum Gasteiger partial charge on any atom is 0.118 e. The summed E-state index contributed by atoms with van der Waals surface area (Å²) >= 11 is 0. The zero-order chi connectivity index (χ0) is 8.97. The molecule has 0 aliphatic heterocycles. The molecule has 64 valence electrons. The molecule has 1 aromatic rings. The molecular formula is C9H11NO2. The molecule has 0 spiro atoms. The SMILES string of the molecule is CCc1cc(CN=O)ccc1O. The van der Waals surface area contributed by atoms with E-state index in [0.717, 1.165) is 17.5 Å². The number of benzene rings is 1. The van der Waals surface area contributed by atoms with Crippen molar-refractivity contribution in [3.8, 4) is 5.75 Å². The zero-order valence-electron chi connectivity index (χ0n) is 6.95. The van der Waals surface area contributed by atoms with Crippen molar-refractivity contribution in [3.05, 3.63) is 34.2 Å². The Bertz CT molecular complexity index is 284. The second-order valence-electron chi connectivity index (χ2n) is 2.60. The van der Waals surface area contributed by atoms with E-state index in [4.69, 9.17) is 0 Å². The largest absolute Gasteiger partial charge is 0.508 e. The van der Waals surface area contributed by atoms with Crippen molar-refractivity contribution in [1.82, 2.24) is 0 Å². The van der Waals surface area contributed by atoms with Crippen molar-refractivity contribution in [2.75, 3.05) is 0 Å². The number of phenols is 1. The van der Waals surface area contributed by atoms with Crippen molar-refractivity contribution < 1.29 is 5.11 Å². The summed E-state index contributed by atoms with van der Waals surface area (Å²) in [7, 11) is 0. The topological polar surface area (TPSA) is 49.7 Å². The van der Waals surface area contributed by atoms with Gasteiger partial charge in [0.1, 0.15) is 12.3 Å². The second kappa shape index (κ2) is 3.85. The normalized spacial score (nSPS) is 9.75. The lowest BCUT2D eigenvalue weighted by molar-refractivity contribution is 0.468. The number of nitrogens with zero attached hydrogens (tertiary/aromatic N) is 1. The highest BCUT2D eigenvalue weighted by molar-refractivity contribution is 5.36. The fraction of sp³-hybridized carbons (Fsp3) is 0.333. The summed E-state index contributed by atoms with van der Waals surface area (Å²) in [6.07, 6.45) is 0.762. The fourth-order valence-corrected chi connectivity index (χ4v) is 1.09. The first-order chi connectivity index (χ1) is 5.77. The summed E-state index contributed by atoms with van der Waals surface area (Å²) < 4.78 is 0. The number of rotatable bonds is 3. The highest BCUT2D eigenvalue weighted by atomic mass is 16.3. The van der Waals surface area contributed by atoms with E-state index in [9.17, 15) is 10.0 Å². The Kier molecular flexibility index (Phi) is 2.80. The molecule has 3 heteroatoms. The van der Waals surface area contributed by atoms with Crippen molar-refractivity contribution in [3.63, 3.8) is 0 Å². The summed E-state index contributed by atoms with van der Waals surface area (Å²) in [5, 5.41) is 12.1. The van der Waals surface area contributed by atoms with Crippen LogP contribution < -0.4 is 0 Å². The summed E-state index contributed by atoms with van der Waals surface area (Å²) in [6.45, 7) is 2.13. The average Bonchev–Trinajstić information content (AvgIpc) is 2.09. The molecule has 0 radical (unpaired) electrons. The number of nitroso groups, excluding NO2 is 1. The first-order valence-electron chi connectivity index (χ1n) is 3.87. The molecule has 1 rings (SSSR count). The van der Waals surface area contributed by atoms with E-state index < -0.39 is 0 Å². The average molecular weight is 165 g/mol. The molecule has 0 saturated heterocycles. The molecular weight excluding hydrogens is 154 g/mol. The summed E-state index contributed by atoms with van der Waals surface area (Å²) in [6, 6.07) is 5.10. The lowest BCUT2D eigenvalue weighted by Crippen LogP contribution is -1.86. The number of aromatic hydroxyl groups is 1. The molecule has 12 heavy (non-hydrogen) atoms. The van der Waals surface area contributed by atoms with Gasteiger partial charge in [0.2, 0.25) is 0 Å². The summed E-state index contributed by atoms with van der Waals surface area (Å²) in [5.74, 6) is 0.284. The highest BCUT2D eigenvalue weighted by Gasteiger charge is 1.99. The van der Waals surface area contributed by atoms with Gasteiger partial charge in [0.05, 0.1) is 0 Å². The van der Waals surface area contributed by atoms with Gasteiger partial charge in [-0.3, -0.25) is 0 Å². The summed E-state index contributed by atoms with van der Waals surface area (Å²) in [5.41, 5.74) is 1.70. The van der Waals surface area contributed by atoms with Crippen LogP contribution in [0.2, 0.25) is 0 Å². The minimum absolute atomic E-state index is 0.174. The predicted molar refractivity (Wildman–Crippen MR) is 47.0 cm³/mol. The molecule has 0 aliphatic rings.